The van der Waals surface area contributed by atoms with Crippen molar-refractivity contribution in [3.05, 3.63) is 23.3 Å². The fourth-order valence-corrected chi connectivity index (χ4v) is 2.00. The van der Waals surface area contributed by atoms with Crippen LogP contribution in [0.4, 0.5) is 4.79 Å². The molecule has 0 fully saturated rings. The number of aryl methyl sites for hydroxylation is 1. The molecule has 1 aliphatic rings. The Morgan fingerprint density at radius 1 is 1.35 bits per heavy atom. The summed E-state index contributed by atoms with van der Waals surface area (Å²) in [5.74, 6) is 1.60. The minimum absolute atomic E-state index is 0.187. The Labute approximate surface area is 108 Å². The maximum absolute atomic E-state index is 10.7. The molecular weight excluding hydrogens is 286 g/mol. The molecule has 0 aliphatic carbocycles. The Bertz CT molecular complexity index is 434. The van der Waals surface area contributed by atoms with E-state index in [0.29, 0.717) is 19.8 Å². The smallest absolute Gasteiger partial charge is 0.287 e. The van der Waals surface area contributed by atoms with E-state index in [4.69, 9.17) is 9.47 Å². The third-order valence-corrected chi connectivity index (χ3v) is 2.94. The molecule has 0 spiro atoms. The molecule has 1 aliphatic heterocycles. The van der Waals surface area contributed by atoms with Crippen LogP contribution in [0.5, 0.6) is 11.5 Å². The molecular formula is C12H14BrNO3. The van der Waals surface area contributed by atoms with Gasteiger partial charge in [-0.1, -0.05) is 0 Å². The summed E-state index contributed by atoms with van der Waals surface area (Å²) in [7, 11) is 0. The van der Waals surface area contributed by atoms with Crippen LogP contribution in [0.15, 0.2) is 12.1 Å². The molecule has 1 aromatic carbocycles. The molecule has 0 radical (unpaired) electrons. The normalized spacial score (nSPS) is 13.3. The number of rotatable bonds is 3. The minimum atomic E-state index is -0.187. The first-order valence-corrected chi connectivity index (χ1v) is 6.28. The van der Waals surface area contributed by atoms with E-state index < -0.39 is 0 Å². The molecule has 0 saturated heterocycles. The van der Waals surface area contributed by atoms with Gasteiger partial charge in [0.25, 0.3) is 4.82 Å². The van der Waals surface area contributed by atoms with Gasteiger partial charge in [-0.25, -0.2) is 0 Å². The maximum Gasteiger partial charge on any atom is 0.287 e. The average Bonchev–Trinajstić information content (AvgIpc) is 2.29. The highest BCUT2D eigenvalue weighted by atomic mass is 79.9. The van der Waals surface area contributed by atoms with Crippen LogP contribution in [0, 0.1) is 6.92 Å². The number of hydrogen-bond acceptors (Lipinski definition) is 3. The fourth-order valence-electron chi connectivity index (χ4n) is 1.80. The summed E-state index contributed by atoms with van der Waals surface area (Å²) < 4.78 is 11.0. The zero-order valence-electron chi connectivity index (χ0n) is 9.59. The van der Waals surface area contributed by atoms with Crippen molar-refractivity contribution >= 4 is 20.7 Å². The number of carbonyl (C=O) groups excluding carboxylic acids is 1. The van der Waals surface area contributed by atoms with Gasteiger partial charge in [0.2, 0.25) is 0 Å². The number of amides is 1. The minimum Gasteiger partial charge on any atom is -0.486 e. The van der Waals surface area contributed by atoms with Gasteiger partial charge in [0.1, 0.15) is 13.2 Å². The van der Waals surface area contributed by atoms with E-state index in [1.54, 1.807) is 0 Å². The molecule has 92 valence electrons. The number of halogens is 1. The van der Waals surface area contributed by atoms with Crippen LogP contribution in [-0.4, -0.2) is 24.6 Å². The van der Waals surface area contributed by atoms with Crippen LogP contribution < -0.4 is 14.8 Å². The highest BCUT2D eigenvalue weighted by Crippen LogP contribution is 2.33. The van der Waals surface area contributed by atoms with E-state index >= 15 is 0 Å². The van der Waals surface area contributed by atoms with Gasteiger partial charge in [-0.05, 0) is 36.6 Å². The molecule has 0 bridgehead atoms. The molecule has 0 saturated carbocycles. The average molecular weight is 300 g/mol. The summed E-state index contributed by atoms with van der Waals surface area (Å²) in [5.41, 5.74) is 2.31. The first kappa shape index (κ1) is 12.2. The van der Waals surface area contributed by atoms with Crippen LogP contribution in [0.2, 0.25) is 0 Å². The van der Waals surface area contributed by atoms with Crippen LogP contribution in [0.25, 0.3) is 0 Å². The monoisotopic (exact) mass is 299 g/mol. The number of nitrogens with one attached hydrogen (secondary N) is 1. The fraction of sp³-hybridized carbons (Fsp3) is 0.417. The van der Waals surface area contributed by atoms with Gasteiger partial charge in [-0.15, -0.1) is 0 Å². The molecule has 0 aromatic heterocycles. The van der Waals surface area contributed by atoms with E-state index in [1.807, 2.05) is 19.1 Å². The quantitative estimate of drug-likeness (QED) is 0.689. The topological polar surface area (TPSA) is 47.6 Å². The van der Waals surface area contributed by atoms with Crippen molar-refractivity contribution in [3.63, 3.8) is 0 Å². The first-order chi connectivity index (χ1) is 8.16. The number of carbonyl (C=O) groups is 1. The van der Waals surface area contributed by atoms with Crippen molar-refractivity contribution < 1.29 is 14.3 Å². The third kappa shape index (κ3) is 3.12. The van der Waals surface area contributed by atoms with E-state index in [0.717, 1.165) is 29.0 Å². The third-order valence-electron chi connectivity index (χ3n) is 2.66. The summed E-state index contributed by atoms with van der Waals surface area (Å²) >= 11 is 2.83. The van der Waals surface area contributed by atoms with Gasteiger partial charge in [-0.2, -0.15) is 0 Å². The van der Waals surface area contributed by atoms with E-state index in [1.165, 1.54) is 0 Å². The number of fused-ring (bicyclic) bond motifs is 1. The summed E-state index contributed by atoms with van der Waals surface area (Å²) in [6.07, 6.45) is 0.778. The van der Waals surface area contributed by atoms with Crippen molar-refractivity contribution in [3.8, 4) is 11.5 Å². The lowest BCUT2D eigenvalue weighted by atomic mass is 10.0. The maximum atomic E-state index is 10.7. The Morgan fingerprint density at radius 2 is 2.00 bits per heavy atom. The Morgan fingerprint density at radius 3 is 2.65 bits per heavy atom. The van der Waals surface area contributed by atoms with Crippen molar-refractivity contribution in [1.82, 2.24) is 5.32 Å². The molecule has 2 rings (SSSR count). The van der Waals surface area contributed by atoms with E-state index in [-0.39, 0.29) is 4.82 Å². The lowest BCUT2D eigenvalue weighted by molar-refractivity contribution is 0.171. The van der Waals surface area contributed by atoms with Crippen molar-refractivity contribution in [1.29, 1.82) is 0 Å². The van der Waals surface area contributed by atoms with Crippen molar-refractivity contribution in [2.45, 2.75) is 13.3 Å². The second-order valence-corrected chi connectivity index (χ2v) is 4.59. The number of hydrogen-bond donors (Lipinski definition) is 1. The van der Waals surface area contributed by atoms with Gasteiger partial charge in [-0.3, -0.25) is 4.79 Å². The van der Waals surface area contributed by atoms with E-state index in [2.05, 4.69) is 21.2 Å². The number of ether oxygens (including phenoxy) is 2. The molecule has 0 atom stereocenters. The zero-order valence-corrected chi connectivity index (χ0v) is 11.2. The molecule has 1 heterocycles. The summed E-state index contributed by atoms with van der Waals surface area (Å²) in [6, 6.07) is 3.98. The van der Waals surface area contributed by atoms with Gasteiger partial charge in [0.05, 0.1) is 0 Å². The van der Waals surface area contributed by atoms with Crippen LogP contribution in [0.3, 0.4) is 0 Å². The van der Waals surface area contributed by atoms with Gasteiger partial charge >= 0.3 is 0 Å². The predicted octanol–water partition coefficient (Wildman–Crippen LogP) is 2.41. The zero-order chi connectivity index (χ0) is 12.3. The first-order valence-electron chi connectivity index (χ1n) is 5.49. The standard InChI is InChI=1S/C12H14BrNO3/c1-8-6-10-11(17-5-4-16-10)7-9(8)2-3-14-12(13)15/h6-7H,2-5H2,1H3,(H,14,15). The van der Waals surface area contributed by atoms with Crippen LogP contribution >= 0.6 is 15.9 Å². The molecule has 0 unspecified atom stereocenters. The molecule has 17 heavy (non-hydrogen) atoms. The molecule has 5 heteroatoms. The van der Waals surface area contributed by atoms with Crippen LogP contribution in [-0.2, 0) is 6.42 Å². The highest BCUT2D eigenvalue weighted by Gasteiger charge is 2.13. The van der Waals surface area contributed by atoms with E-state index in [9.17, 15) is 4.79 Å². The number of benzene rings is 1. The molecule has 4 nitrogen and oxygen atoms in total. The highest BCUT2D eigenvalue weighted by molar-refractivity contribution is 9.18. The van der Waals surface area contributed by atoms with Gasteiger partial charge in [0, 0.05) is 22.5 Å². The molecule has 1 amide bonds. The Kier molecular flexibility index (Phi) is 3.89. The summed E-state index contributed by atoms with van der Waals surface area (Å²) in [6.45, 7) is 3.83. The lowest BCUT2D eigenvalue weighted by Gasteiger charge is -2.20. The second kappa shape index (κ2) is 5.40. The lowest BCUT2D eigenvalue weighted by Crippen LogP contribution is -2.20. The van der Waals surface area contributed by atoms with Crippen molar-refractivity contribution in [2.24, 2.45) is 0 Å². The summed E-state index contributed by atoms with van der Waals surface area (Å²) in [4.78, 5) is 10.5. The van der Waals surface area contributed by atoms with Gasteiger partial charge < -0.3 is 14.8 Å². The largest absolute Gasteiger partial charge is 0.486 e. The predicted molar refractivity (Wildman–Crippen MR) is 68.2 cm³/mol. The van der Waals surface area contributed by atoms with Crippen molar-refractivity contribution in [2.75, 3.05) is 19.8 Å². The Balaban J connectivity index is 2.09. The second-order valence-electron chi connectivity index (χ2n) is 3.87. The van der Waals surface area contributed by atoms with Crippen LogP contribution in [0.1, 0.15) is 11.1 Å². The molecule has 1 N–H and O–H groups in total. The van der Waals surface area contributed by atoms with Gasteiger partial charge in [0.15, 0.2) is 11.5 Å². The Hall–Kier alpha value is -1.23. The molecule has 1 aromatic rings. The SMILES string of the molecule is Cc1cc2c(cc1CCNC(=O)Br)OCCO2. The summed E-state index contributed by atoms with van der Waals surface area (Å²) in [5, 5.41) is 2.71.